The van der Waals surface area contributed by atoms with Crippen LogP contribution in [0.5, 0.6) is 5.75 Å². The first-order valence-electron chi connectivity index (χ1n) is 16.2. The molecule has 0 radical (unpaired) electrons. The summed E-state index contributed by atoms with van der Waals surface area (Å²) in [5.41, 5.74) is 8.03. The molecule has 0 saturated heterocycles. The molecule has 1 atom stereocenters. The number of aryl methyl sites for hydroxylation is 1. The van der Waals surface area contributed by atoms with Crippen molar-refractivity contribution in [2.24, 2.45) is 0 Å². The van der Waals surface area contributed by atoms with Gasteiger partial charge >= 0.3 is 0 Å². The zero-order valence-corrected chi connectivity index (χ0v) is 30.9. The van der Waals surface area contributed by atoms with Crippen LogP contribution < -0.4 is 4.74 Å². The molecule has 0 bridgehead atoms. The molecule has 0 aromatic heterocycles. The number of halogens is 2. The van der Waals surface area contributed by atoms with Crippen LogP contribution in [0.25, 0.3) is 11.1 Å². The molecule has 5 nitrogen and oxygen atoms in total. The van der Waals surface area contributed by atoms with E-state index in [1.165, 1.54) is 0 Å². The lowest BCUT2D eigenvalue weighted by Gasteiger charge is -2.34. The summed E-state index contributed by atoms with van der Waals surface area (Å²) in [7, 11) is -3.87. The standard InChI is InChI=1S/C40H38Br2O5S/c1-3-4-5-6-39(43)28-9-11-29(12-10-28)40(37-25-31(41)15-21-35(37)36-22-16-32(42)26-38(36)40)30-13-17-33(18-14-30)46-23-24-47-48(44,45)34-19-7-27(2)8-20-34/h7-22,25-26,39,43H,3-6,23-24H2,1-2H3. The molecule has 1 unspecified atom stereocenters. The number of ether oxygens (including phenoxy) is 1. The molecule has 8 heteroatoms. The number of rotatable bonds is 13. The molecular weight excluding hydrogens is 752 g/mol. The highest BCUT2D eigenvalue weighted by atomic mass is 79.9. The minimum atomic E-state index is -3.87. The first-order valence-corrected chi connectivity index (χ1v) is 19.2. The second kappa shape index (κ2) is 14.7. The molecule has 6 rings (SSSR count). The van der Waals surface area contributed by atoms with E-state index in [1.54, 1.807) is 24.3 Å². The van der Waals surface area contributed by atoms with Gasteiger partial charge in [-0.2, -0.15) is 8.42 Å². The van der Waals surface area contributed by atoms with Crippen LogP contribution in [-0.2, 0) is 19.7 Å². The Morgan fingerprint density at radius 2 is 1.29 bits per heavy atom. The fourth-order valence-corrected chi connectivity index (χ4v) is 8.26. The average Bonchev–Trinajstić information content (AvgIpc) is 3.36. The number of fused-ring (bicyclic) bond motifs is 3. The van der Waals surface area contributed by atoms with E-state index < -0.39 is 21.6 Å². The van der Waals surface area contributed by atoms with Crippen LogP contribution in [0.4, 0.5) is 0 Å². The van der Waals surface area contributed by atoms with Crippen molar-refractivity contribution in [1.82, 2.24) is 0 Å². The van der Waals surface area contributed by atoms with Gasteiger partial charge in [-0.05, 0) is 101 Å². The third-order valence-electron chi connectivity index (χ3n) is 9.06. The topological polar surface area (TPSA) is 72.8 Å². The summed E-state index contributed by atoms with van der Waals surface area (Å²) < 4.78 is 38.3. The van der Waals surface area contributed by atoms with Crippen LogP contribution >= 0.6 is 31.9 Å². The number of benzene rings is 5. The third-order valence-corrected chi connectivity index (χ3v) is 11.4. The van der Waals surface area contributed by atoms with Crippen LogP contribution in [0.3, 0.4) is 0 Å². The first-order chi connectivity index (χ1) is 23.1. The van der Waals surface area contributed by atoms with E-state index in [0.717, 1.165) is 79.1 Å². The quantitative estimate of drug-likeness (QED) is 0.0932. The summed E-state index contributed by atoms with van der Waals surface area (Å²) >= 11 is 7.49. The maximum absolute atomic E-state index is 12.6. The minimum Gasteiger partial charge on any atom is -0.491 e. The molecule has 1 aliphatic rings. The van der Waals surface area contributed by atoms with Gasteiger partial charge in [0.25, 0.3) is 10.1 Å². The van der Waals surface area contributed by atoms with Crippen LogP contribution in [0.15, 0.2) is 123 Å². The lowest BCUT2D eigenvalue weighted by atomic mass is 9.67. The smallest absolute Gasteiger partial charge is 0.297 e. The van der Waals surface area contributed by atoms with E-state index in [2.05, 4.69) is 112 Å². The van der Waals surface area contributed by atoms with Crippen molar-refractivity contribution in [3.8, 4) is 16.9 Å². The molecule has 1 aliphatic carbocycles. The fourth-order valence-electron chi connectivity index (χ4n) is 6.64. The Morgan fingerprint density at radius 3 is 1.85 bits per heavy atom. The molecule has 0 saturated carbocycles. The second-order valence-electron chi connectivity index (χ2n) is 12.2. The highest BCUT2D eigenvalue weighted by Gasteiger charge is 2.46. The zero-order chi connectivity index (χ0) is 33.9. The minimum absolute atomic E-state index is 0.0726. The van der Waals surface area contributed by atoms with Crippen molar-refractivity contribution in [2.45, 2.75) is 55.9 Å². The highest BCUT2D eigenvalue weighted by molar-refractivity contribution is 9.10. The van der Waals surface area contributed by atoms with Crippen LogP contribution in [0.2, 0.25) is 0 Å². The summed E-state index contributed by atoms with van der Waals surface area (Å²) in [5, 5.41) is 10.9. The Kier molecular flexibility index (Phi) is 10.6. The van der Waals surface area contributed by atoms with Crippen molar-refractivity contribution in [2.75, 3.05) is 13.2 Å². The molecule has 1 N–H and O–H groups in total. The van der Waals surface area contributed by atoms with Gasteiger partial charge in [0.2, 0.25) is 0 Å². The maximum Gasteiger partial charge on any atom is 0.297 e. The Bertz CT molecular complexity index is 1940. The van der Waals surface area contributed by atoms with Crippen LogP contribution in [-0.4, -0.2) is 26.7 Å². The van der Waals surface area contributed by atoms with Crippen molar-refractivity contribution in [3.63, 3.8) is 0 Å². The Morgan fingerprint density at radius 1 is 0.729 bits per heavy atom. The van der Waals surface area contributed by atoms with Crippen molar-refractivity contribution >= 4 is 42.0 Å². The number of aliphatic hydroxyl groups excluding tert-OH is 1. The predicted molar refractivity (Wildman–Crippen MR) is 198 cm³/mol. The molecule has 0 fully saturated rings. The Balaban J connectivity index is 1.32. The normalized spacial score (nSPS) is 13.9. The molecular formula is C40H38Br2O5S. The lowest BCUT2D eigenvalue weighted by Crippen LogP contribution is -2.28. The monoisotopic (exact) mass is 788 g/mol. The Labute approximate surface area is 300 Å². The summed E-state index contributed by atoms with van der Waals surface area (Å²) in [6, 6.07) is 35.9. The number of hydrogen-bond acceptors (Lipinski definition) is 5. The third kappa shape index (κ3) is 6.92. The Hall–Kier alpha value is -3.27. The van der Waals surface area contributed by atoms with Crippen LogP contribution in [0.1, 0.15) is 72.1 Å². The van der Waals surface area contributed by atoms with Gasteiger partial charge < -0.3 is 9.84 Å². The van der Waals surface area contributed by atoms with Crippen LogP contribution in [0, 0.1) is 6.92 Å². The summed E-state index contributed by atoms with van der Waals surface area (Å²) in [6.07, 6.45) is 3.46. The first kappa shape index (κ1) is 34.6. The molecule has 0 spiro atoms. The SMILES string of the molecule is CCCCCC(O)c1ccc(C2(c3ccc(OCCOS(=O)(=O)c4ccc(C)cc4)cc3)c3cc(Br)ccc3-c3ccc(Br)cc32)cc1. The molecule has 5 aromatic rings. The molecule has 0 amide bonds. The van der Waals surface area contributed by atoms with Gasteiger partial charge in [-0.1, -0.05) is 124 Å². The molecule has 248 valence electrons. The number of aliphatic hydroxyl groups is 1. The van der Waals surface area contributed by atoms with Crippen molar-refractivity contribution in [3.05, 3.63) is 152 Å². The van der Waals surface area contributed by atoms with Crippen molar-refractivity contribution in [1.29, 1.82) is 0 Å². The molecule has 0 heterocycles. The van der Waals surface area contributed by atoms with Gasteiger partial charge in [-0.25, -0.2) is 0 Å². The molecule has 48 heavy (non-hydrogen) atoms. The summed E-state index contributed by atoms with van der Waals surface area (Å²) in [4.78, 5) is 0.122. The number of hydrogen-bond donors (Lipinski definition) is 1. The second-order valence-corrected chi connectivity index (χ2v) is 15.7. The van der Waals surface area contributed by atoms with Gasteiger partial charge in [0.1, 0.15) is 19.0 Å². The largest absolute Gasteiger partial charge is 0.491 e. The van der Waals surface area contributed by atoms with Gasteiger partial charge in [0.05, 0.1) is 16.4 Å². The van der Waals surface area contributed by atoms with E-state index in [4.69, 9.17) is 8.92 Å². The zero-order valence-electron chi connectivity index (χ0n) is 27.0. The van der Waals surface area contributed by atoms with E-state index in [9.17, 15) is 13.5 Å². The van der Waals surface area contributed by atoms with E-state index >= 15 is 0 Å². The maximum atomic E-state index is 12.6. The van der Waals surface area contributed by atoms with E-state index in [1.807, 2.05) is 19.1 Å². The fraction of sp³-hybridized carbons (Fsp3) is 0.250. The number of unbranched alkanes of at least 4 members (excludes halogenated alkanes) is 2. The van der Waals surface area contributed by atoms with E-state index in [-0.39, 0.29) is 18.1 Å². The summed E-state index contributed by atoms with van der Waals surface area (Å²) in [5.74, 6) is 0.609. The predicted octanol–water partition coefficient (Wildman–Crippen LogP) is 10.3. The van der Waals surface area contributed by atoms with Crippen molar-refractivity contribution < 1.29 is 22.4 Å². The average molecular weight is 791 g/mol. The summed E-state index contributed by atoms with van der Waals surface area (Å²) in [6.45, 7) is 4.03. The van der Waals surface area contributed by atoms with Gasteiger partial charge in [-0.3, -0.25) is 4.18 Å². The molecule has 5 aromatic carbocycles. The molecule has 0 aliphatic heterocycles. The van der Waals surface area contributed by atoms with E-state index in [0.29, 0.717) is 5.75 Å². The lowest BCUT2D eigenvalue weighted by molar-refractivity contribution is 0.163. The van der Waals surface area contributed by atoms with Gasteiger partial charge in [-0.15, -0.1) is 0 Å². The van der Waals surface area contributed by atoms with Gasteiger partial charge in [0, 0.05) is 8.95 Å². The van der Waals surface area contributed by atoms with Gasteiger partial charge in [0.15, 0.2) is 0 Å². The highest BCUT2D eigenvalue weighted by Crippen LogP contribution is 2.57.